The number of nitrogens with one attached hydrogen (secondary N) is 3. The van der Waals surface area contributed by atoms with Crippen molar-refractivity contribution in [3.05, 3.63) is 0 Å². The zero-order valence-electron chi connectivity index (χ0n) is 27.0. The third-order valence-electron chi connectivity index (χ3n) is 9.56. The van der Waals surface area contributed by atoms with E-state index in [1.54, 1.807) is 0 Å². The maximum atomic E-state index is 14.4. The van der Waals surface area contributed by atoms with Crippen molar-refractivity contribution < 1.29 is 38.3 Å². The van der Waals surface area contributed by atoms with E-state index in [0.717, 1.165) is 44.2 Å². The van der Waals surface area contributed by atoms with E-state index in [1.165, 1.54) is 4.90 Å². The van der Waals surface area contributed by atoms with E-state index in [1.807, 2.05) is 27.7 Å². The number of hydrogen-bond donors (Lipinski definition) is 3. The zero-order chi connectivity index (χ0) is 32.4. The number of amides is 4. The first-order valence-corrected chi connectivity index (χ1v) is 16.6. The zero-order valence-corrected chi connectivity index (χ0v) is 27.0. The quantitative estimate of drug-likeness (QED) is 0.293. The van der Waals surface area contributed by atoms with Crippen LogP contribution in [-0.4, -0.2) is 95.8 Å². The van der Waals surface area contributed by atoms with E-state index in [9.17, 15) is 24.0 Å². The SMILES string of the molecule is CCC[C@H](NC(=O)[C@@H]1C[C@]2(CC(C3CCCC3)=NO2)CN1C(=O)[C@@H](NC(=O)OC1CCOC1)C(C)(C)C)C(=O)C(=O)NC1CC1. The summed E-state index contributed by atoms with van der Waals surface area (Å²) in [6.07, 6.45) is 7.00. The standard InChI is InChI=1S/C32H49N5O8/c1-5-8-22(25(38)28(40)33-20-11-12-20)34-27(39)24-16-32(15-23(36-45-32)19-9-6-7-10-19)18-37(24)29(41)26(31(2,3)4)35-30(42)44-21-13-14-43-17-21/h19-22,24,26H,5-18H2,1-4H3,(H,33,40)(H,34,39)(H,35,42)/t21?,22-,24-,26+,32+/m0/s1. The Morgan fingerprint density at radius 2 is 1.80 bits per heavy atom. The van der Waals surface area contributed by atoms with Crippen molar-refractivity contribution in [1.82, 2.24) is 20.9 Å². The monoisotopic (exact) mass is 631 g/mol. The molecule has 1 spiro atoms. The first-order chi connectivity index (χ1) is 21.4. The molecule has 250 valence electrons. The van der Waals surface area contributed by atoms with E-state index in [4.69, 9.17) is 14.3 Å². The highest BCUT2D eigenvalue weighted by molar-refractivity contribution is 6.38. The molecule has 0 aromatic heterocycles. The van der Waals surface area contributed by atoms with Crippen molar-refractivity contribution in [2.45, 2.75) is 134 Å². The third-order valence-corrected chi connectivity index (χ3v) is 9.56. The van der Waals surface area contributed by atoms with Gasteiger partial charge in [0.15, 0.2) is 5.60 Å². The van der Waals surface area contributed by atoms with Gasteiger partial charge in [-0.05, 0) is 37.5 Å². The lowest BCUT2D eigenvalue weighted by molar-refractivity contribution is -0.144. The van der Waals surface area contributed by atoms with Gasteiger partial charge in [-0.1, -0.05) is 52.1 Å². The molecule has 1 unspecified atom stereocenters. The predicted octanol–water partition coefficient (Wildman–Crippen LogP) is 2.36. The van der Waals surface area contributed by atoms with Crippen LogP contribution in [0.5, 0.6) is 0 Å². The maximum Gasteiger partial charge on any atom is 0.408 e. The smallest absolute Gasteiger partial charge is 0.408 e. The minimum absolute atomic E-state index is 0.00512. The molecule has 5 rings (SSSR count). The minimum Gasteiger partial charge on any atom is -0.444 e. The second-order valence-electron chi connectivity index (χ2n) is 14.5. The van der Waals surface area contributed by atoms with Crippen molar-refractivity contribution in [1.29, 1.82) is 0 Å². The summed E-state index contributed by atoms with van der Waals surface area (Å²) in [4.78, 5) is 74.5. The topological polar surface area (TPSA) is 165 Å². The molecule has 3 N–H and O–H groups in total. The van der Waals surface area contributed by atoms with Gasteiger partial charge in [-0.3, -0.25) is 19.2 Å². The molecule has 0 aromatic rings. The van der Waals surface area contributed by atoms with Crippen molar-refractivity contribution in [2.75, 3.05) is 19.8 Å². The Morgan fingerprint density at radius 1 is 1.07 bits per heavy atom. The first kappa shape index (κ1) is 33.2. The summed E-state index contributed by atoms with van der Waals surface area (Å²) in [7, 11) is 0. The van der Waals surface area contributed by atoms with Crippen LogP contribution in [0.4, 0.5) is 4.79 Å². The highest BCUT2D eigenvalue weighted by atomic mass is 16.7. The maximum absolute atomic E-state index is 14.4. The van der Waals surface area contributed by atoms with Gasteiger partial charge in [0.25, 0.3) is 5.91 Å². The summed E-state index contributed by atoms with van der Waals surface area (Å²) >= 11 is 0. The Kier molecular flexibility index (Phi) is 10.0. The Hall–Kier alpha value is -3.22. The third kappa shape index (κ3) is 7.96. The molecule has 0 aromatic carbocycles. The van der Waals surface area contributed by atoms with Gasteiger partial charge >= 0.3 is 6.09 Å². The number of rotatable bonds is 11. The van der Waals surface area contributed by atoms with E-state index in [0.29, 0.717) is 38.4 Å². The Bertz CT molecular complexity index is 1180. The minimum atomic E-state index is -1.02. The summed E-state index contributed by atoms with van der Waals surface area (Å²) in [5.74, 6) is -2.07. The number of oxime groups is 1. The van der Waals surface area contributed by atoms with Gasteiger partial charge in [0.2, 0.25) is 17.6 Å². The van der Waals surface area contributed by atoms with Gasteiger partial charge in [-0.15, -0.1) is 0 Å². The fourth-order valence-corrected chi connectivity index (χ4v) is 6.83. The van der Waals surface area contributed by atoms with Crippen LogP contribution in [-0.2, 0) is 33.5 Å². The molecule has 45 heavy (non-hydrogen) atoms. The summed E-state index contributed by atoms with van der Waals surface area (Å²) in [5, 5.41) is 12.7. The molecule has 0 radical (unpaired) electrons. The highest BCUT2D eigenvalue weighted by Crippen LogP contribution is 2.42. The molecular weight excluding hydrogens is 582 g/mol. The fraction of sp³-hybridized carbons (Fsp3) is 0.812. The highest BCUT2D eigenvalue weighted by Gasteiger charge is 2.56. The van der Waals surface area contributed by atoms with Crippen molar-refractivity contribution in [3.8, 4) is 0 Å². The van der Waals surface area contributed by atoms with Crippen LogP contribution in [0, 0.1) is 11.3 Å². The number of likely N-dealkylation sites (tertiary alicyclic amines) is 1. The van der Waals surface area contributed by atoms with Crippen LogP contribution in [0.3, 0.4) is 0 Å². The number of hydrogen-bond acceptors (Lipinski definition) is 9. The summed E-state index contributed by atoms with van der Waals surface area (Å²) in [5.41, 5.74) is -0.666. The van der Waals surface area contributed by atoms with E-state index >= 15 is 0 Å². The number of nitrogens with zero attached hydrogens (tertiary/aromatic N) is 2. The van der Waals surface area contributed by atoms with Crippen molar-refractivity contribution >= 4 is 35.3 Å². The van der Waals surface area contributed by atoms with Crippen molar-refractivity contribution in [3.63, 3.8) is 0 Å². The Balaban J connectivity index is 1.35. The number of ketones is 1. The number of carbonyl (C=O) groups excluding carboxylic acids is 5. The average molecular weight is 632 g/mol. The molecule has 2 saturated heterocycles. The molecule has 2 aliphatic carbocycles. The Morgan fingerprint density at radius 3 is 2.42 bits per heavy atom. The first-order valence-electron chi connectivity index (χ1n) is 16.6. The predicted molar refractivity (Wildman–Crippen MR) is 163 cm³/mol. The summed E-state index contributed by atoms with van der Waals surface area (Å²) < 4.78 is 10.8. The van der Waals surface area contributed by atoms with Crippen LogP contribution in [0.1, 0.15) is 98.3 Å². The lowest BCUT2D eigenvalue weighted by Gasteiger charge is -2.35. The molecule has 4 fully saturated rings. The molecule has 3 aliphatic heterocycles. The molecule has 0 bridgehead atoms. The molecule has 5 atom stereocenters. The van der Waals surface area contributed by atoms with Crippen LogP contribution in [0.25, 0.3) is 0 Å². The number of alkyl carbamates (subject to hydrolysis) is 1. The summed E-state index contributed by atoms with van der Waals surface area (Å²) in [6, 6.07) is -3.04. The average Bonchev–Trinajstić information content (AvgIpc) is 3.46. The molecule has 4 amide bonds. The van der Waals surface area contributed by atoms with Crippen LogP contribution < -0.4 is 16.0 Å². The van der Waals surface area contributed by atoms with Gasteiger partial charge in [0.1, 0.15) is 18.2 Å². The molecular formula is C32H49N5O8. The van der Waals surface area contributed by atoms with Gasteiger partial charge < -0.3 is 35.2 Å². The number of ether oxygens (including phenoxy) is 2. The fourth-order valence-electron chi connectivity index (χ4n) is 6.83. The van der Waals surface area contributed by atoms with E-state index < -0.39 is 64.8 Å². The molecule has 13 heteroatoms. The van der Waals surface area contributed by atoms with E-state index in [2.05, 4.69) is 21.1 Å². The van der Waals surface area contributed by atoms with E-state index in [-0.39, 0.29) is 25.4 Å². The Labute approximate surface area is 264 Å². The second-order valence-corrected chi connectivity index (χ2v) is 14.5. The lowest BCUT2D eigenvalue weighted by atomic mass is 9.85. The normalized spacial score (nSPS) is 27.9. The van der Waals surface area contributed by atoms with Gasteiger partial charge in [0, 0.05) is 31.2 Å². The van der Waals surface area contributed by atoms with Gasteiger partial charge in [0.05, 0.1) is 31.5 Å². The van der Waals surface area contributed by atoms with Gasteiger partial charge in [-0.25, -0.2) is 4.79 Å². The molecule has 2 saturated carbocycles. The number of carbonyl (C=O) groups is 5. The van der Waals surface area contributed by atoms with Crippen LogP contribution in [0.15, 0.2) is 5.16 Å². The van der Waals surface area contributed by atoms with Crippen molar-refractivity contribution in [2.24, 2.45) is 16.5 Å². The lowest BCUT2D eigenvalue weighted by Crippen LogP contribution is -2.59. The summed E-state index contributed by atoms with van der Waals surface area (Å²) in [6.45, 7) is 8.26. The number of Topliss-reactive ketones (excluding diaryl/α,β-unsaturated/α-hetero) is 1. The van der Waals surface area contributed by atoms with Crippen LogP contribution in [0.2, 0.25) is 0 Å². The molecule has 3 heterocycles. The van der Waals surface area contributed by atoms with Crippen LogP contribution >= 0.6 is 0 Å². The molecule has 13 nitrogen and oxygen atoms in total. The second kappa shape index (κ2) is 13.6. The molecule has 5 aliphatic rings. The largest absolute Gasteiger partial charge is 0.444 e. The van der Waals surface area contributed by atoms with Gasteiger partial charge in [-0.2, -0.15) is 0 Å².